The molecule has 2 heteroatoms. The molecular weight excluding hydrogens is 236 g/mol. The van der Waals surface area contributed by atoms with Crippen LogP contribution in [0.1, 0.15) is 50.7 Å². The summed E-state index contributed by atoms with van der Waals surface area (Å²) in [5.74, 6) is 1.37. The van der Waals surface area contributed by atoms with Crippen LogP contribution in [0, 0.1) is 5.41 Å². The molecule has 0 aliphatic heterocycles. The Hall–Kier alpha value is -1.31. The molecule has 0 N–H and O–H groups in total. The molecule has 0 spiro atoms. The van der Waals surface area contributed by atoms with E-state index in [0.29, 0.717) is 5.78 Å². The molecule has 3 rings (SSSR count). The van der Waals surface area contributed by atoms with Crippen molar-refractivity contribution in [2.24, 2.45) is 5.41 Å². The molecular formula is C17H22O2. The molecule has 0 radical (unpaired) electrons. The van der Waals surface area contributed by atoms with Crippen molar-refractivity contribution in [1.82, 2.24) is 0 Å². The van der Waals surface area contributed by atoms with E-state index in [1.165, 1.54) is 11.1 Å². The monoisotopic (exact) mass is 258 g/mol. The number of Topliss-reactive ketones (excluding diaryl/α,β-unsaturated/α-hetero) is 1. The first-order valence-electron chi connectivity index (χ1n) is 7.18. The fourth-order valence-electron chi connectivity index (χ4n) is 4.06. The Balaban J connectivity index is 2.13. The van der Waals surface area contributed by atoms with Gasteiger partial charge in [0.1, 0.15) is 11.5 Å². The molecule has 0 bridgehead atoms. The van der Waals surface area contributed by atoms with Crippen LogP contribution in [-0.2, 0) is 16.6 Å². The summed E-state index contributed by atoms with van der Waals surface area (Å²) in [6.07, 6.45) is 4.64. The van der Waals surface area contributed by atoms with E-state index in [1.807, 2.05) is 0 Å². The van der Waals surface area contributed by atoms with Crippen molar-refractivity contribution in [3.63, 3.8) is 0 Å². The van der Waals surface area contributed by atoms with Gasteiger partial charge in [-0.2, -0.15) is 0 Å². The van der Waals surface area contributed by atoms with Gasteiger partial charge in [0.15, 0.2) is 0 Å². The summed E-state index contributed by atoms with van der Waals surface area (Å²) >= 11 is 0. The molecule has 0 saturated heterocycles. The predicted molar refractivity (Wildman–Crippen MR) is 75.6 cm³/mol. The number of hydrogen-bond donors (Lipinski definition) is 0. The van der Waals surface area contributed by atoms with Gasteiger partial charge in [0, 0.05) is 12.8 Å². The van der Waals surface area contributed by atoms with Crippen molar-refractivity contribution in [3.8, 4) is 5.75 Å². The Labute approximate surface area is 115 Å². The maximum Gasteiger partial charge on any atom is 0.133 e. The highest BCUT2D eigenvalue weighted by molar-refractivity contribution is 5.81. The maximum absolute atomic E-state index is 11.9. The standard InChI is InChI=1S/C17H22O2/c1-16-8-6-12-4-5-14(19-3)10-15(12)17(16,2)9-7-13(18)11-16/h4-5,10H,6-9,11H2,1-3H3. The van der Waals surface area contributed by atoms with Crippen molar-refractivity contribution in [2.45, 2.75) is 51.4 Å². The fourth-order valence-corrected chi connectivity index (χ4v) is 4.06. The number of fused-ring (bicyclic) bond motifs is 3. The second-order valence-electron chi connectivity index (χ2n) is 6.63. The van der Waals surface area contributed by atoms with Crippen molar-refractivity contribution >= 4 is 5.78 Å². The third-order valence-electron chi connectivity index (χ3n) is 5.68. The number of carbonyl (C=O) groups is 1. The van der Waals surface area contributed by atoms with Gasteiger partial charge >= 0.3 is 0 Å². The van der Waals surface area contributed by atoms with Crippen LogP contribution in [0.4, 0.5) is 0 Å². The Morgan fingerprint density at radius 2 is 1.95 bits per heavy atom. The van der Waals surface area contributed by atoms with E-state index in [-0.39, 0.29) is 10.8 Å². The first-order valence-corrected chi connectivity index (χ1v) is 7.18. The summed E-state index contributed by atoms with van der Waals surface area (Å²) in [6, 6.07) is 6.46. The van der Waals surface area contributed by atoms with Crippen molar-refractivity contribution in [2.75, 3.05) is 7.11 Å². The van der Waals surface area contributed by atoms with Crippen molar-refractivity contribution < 1.29 is 9.53 Å². The zero-order valence-electron chi connectivity index (χ0n) is 12.1. The molecule has 102 valence electrons. The van der Waals surface area contributed by atoms with Crippen LogP contribution in [-0.4, -0.2) is 12.9 Å². The van der Waals surface area contributed by atoms with Gasteiger partial charge in [0.2, 0.25) is 0 Å². The number of benzene rings is 1. The lowest BCUT2D eigenvalue weighted by molar-refractivity contribution is -0.126. The summed E-state index contributed by atoms with van der Waals surface area (Å²) < 4.78 is 5.39. The number of hydrogen-bond acceptors (Lipinski definition) is 2. The number of methoxy groups -OCH3 is 1. The quantitative estimate of drug-likeness (QED) is 0.768. The summed E-state index contributed by atoms with van der Waals surface area (Å²) in [5.41, 5.74) is 3.08. The first kappa shape index (κ1) is 12.7. The molecule has 2 aliphatic carbocycles. The zero-order valence-corrected chi connectivity index (χ0v) is 12.1. The van der Waals surface area contributed by atoms with Gasteiger partial charge in [-0.05, 0) is 53.4 Å². The lowest BCUT2D eigenvalue weighted by atomic mass is 9.50. The van der Waals surface area contributed by atoms with E-state index in [4.69, 9.17) is 4.74 Å². The van der Waals surface area contributed by atoms with Crippen molar-refractivity contribution in [1.29, 1.82) is 0 Å². The SMILES string of the molecule is COc1ccc2c(c1)C1(C)CCC(=O)CC1(C)CC2. The van der Waals surface area contributed by atoms with Crippen LogP contribution in [0.3, 0.4) is 0 Å². The number of carbonyl (C=O) groups excluding carboxylic acids is 1. The average molecular weight is 258 g/mol. The minimum atomic E-state index is 0.113. The highest BCUT2D eigenvalue weighted by Gasteiger charge is 2.52. The van der Waals surface area contributed by atoms with E-state index < -0.39 is 0 Å². The average Bonchev–Trinajstić information content (AvgIpc) is 2.40. The Morgan fingerprint density at radius 1 is 1.16 bits per heavy atom. The predicted octanol–water partition coefficient (Wildman–Crippen LogP) is 3.66. The number of aryl methyl sites for hydroxylation is 1. The molecule has 0 amide bonds. The summed E-state index contributed by atoms with van der Waals surface area (Å²) in [7, 11) is 1.72. The van der Waals surface area contributed by atoms with Crippen molar-refractivity contribution in [3.05, 3.63) is 29.3 Å². The van der Waals surface area contributed by atoms with Gasteiger partial charge in [-0.1, -0.05) is 19.9 Å². The molecule has 1 saturated carbocycles. The third-order valence-corrected chi connectivity index (χ3v) is 5.68. The van der Waals surface area contributed by atoms with Gasteiger partial charge in [0.05, 0.1) is 7.11 Å². The van der Waals surface area contributed by atoms with Crippen LogP contribution in [0.25, 0.3) is 0 Å². The van der Waals surface area contributed by atoms with E-state index in [2.05, 4.69) is 32.0 Å². The molecule has 1 fully saturated rings. The highest BCUT2D eigenvalue weighted by atomic mass is 16.5. The smallest absolute Gasteiger partial charge is 0.133 e. The summed E-state index contributed by atoms with van der Waals surface area (Å²) in [5, 5.41) is 0. The van der Waals surface area contributed by atoms with Gasteiger partial charge < -0.3 is 4.74 Å². The lowest BCUT2D eigenvalue weighted by Crippen LogP contribution is -2.49. The molecule has 1 aromatic rings. The molecule has 2 nitrogen and oxygen atoms in total. The number of ketones is 1. The topological polar surface area (TPSA) is 26.3 Å². The Bertz CT molecular complexity index is 534. The van der Waals surface area contributed by atoms with Gasteiger partial charge in [0.25, 0.3) is 0 Å². The molecule has 0 aromatic heterocycles. The summed E-state index contributed by atoms with van der Waals surface area (Å²) in [6.45, 7) is 4.64. The van der Waals surface area contributed by atoms with Gasteiger partial charge in [-0.15, -0.1) is 0 Å². The minimum Gasteiger partial charge on any atom is -0.497 e. The normalized spacial score (nSPS) is 33.5. The van der Waals surface area contributed by atoms with E-state index in [9.17, 15) is 4.79 Å². The molecule has 2 atom stereocenters. The Morgan fingerprint density at radius 3 is 2.68 bits per heavy atom. The van der Waals surface area contributed by atoms with E-state index in [0.717, 1.165) is 37.9 Å². The van der Waals surface area contributed by atoms with Crippen LogP contribution in [0.2, 0.25) is 0 Å². The highest BCUT2D eigenvalue weighted by Crippen LogP contribution is 2.57. The summed E-state index contributed by atoms with van der Waals surface area (Å²) in [4.78, 5) is 11.9. The van der Waals surface area contributed by atoms with Crippen LogP contribution in [0.5, 0.6) is 5.75 Å². The molecule has 0 heterocycles. The first-order chi connectivity index (χ1) is 8.98. The second-order valence-corrected chi connectivity index (χ2v) is 6.63. The number of ether oxygens (including phenoxy) is 1. The van der Waals surface area contributed by atoms with Crippen LogP contribution >= 0.6 is 0 Å². The molecule has 2 aliphatic rings. The largest absolute Gasteiger partial charge is 0.497 e. The van der Waals surface area contributed by atoms with Gasteiger partial charge in [-0.25, -0.2) is 0 Å². The van der Waals surface area contributed by atoms with Crippen LogP contribution in [0.15, 0.2) is 18.2 Å². The van der Waals surface area contributed by atoms with E-state index >= 15 is 0 Å². The van der Waals surface area contributed by atoms with E-state index in [1.54, 1.807) is 7.11 Å². The number of rotatable bonds is 1. The zero-order chi connectivity index (χ0) is 13.7. The molecule has 19 heavy (non-hydrogen) atoms. The van der Waals surface area contributed by atoms with Gasteiger partial charge in [-0.3, -0.25) is 4.79 Å². The fraction of sp³-hybridized carbons (Fsp3) is 0.588. The Kier molecular flexibility index (Phi) is 2.74. The van der Waals surface area contributed by atoms with Crippen LogP contribution < -0.4 is 4.74 Å². The maximum atomic E-state index is 11.9. The molecule has 2 unspecified atom stereocenters. The second kappa shape index (κ2) is 4.09. The molecule has 1 aromatic carbocycles. The minimum absolute atomic E-state index is 0.113. The third kappa shape index (κ3) is 1.73. The lowest BCUT2D eigenvalue weighted by Gasteiger charge is -2.53.